The van der Waals surface area contributed by atoms with Gasteiger partial charge < -0.3 is 9.84 Å². The van der Waals surface area contributed by atoms with E-state index >= 15 is 0 Å². The number of benzene rings is 2. The summed E-state index contributed by atoms with van der Waals surface area (Å²) in [6.45, 7) is 2.04. The molecule has 0 spiro atoms. The van der Waals surface area contributed by atoms with Gasteiger partial charge in [0.15, 0.2) is 0 Å². The highest BCUT2D eigenvalue weighted by Gasteiger charge is 2.37. The first-order valence-corrected chi connectivity index (χ1v) is 13.8. The van der Waals surface area contributed by atoms with Crippen LogP contribution in [-0.4, -0.2) is 39.4 Å². The Labute approximate surface area is 243 Å². The molecule has 1 saturated heterocycles. The molecule has 1 fully saturated rings. The minimum absolute atomic E-state index is 0.0711. The van der Waals surface area contributed by atoms with Crippen molar-refractivity contribution >= 4 is 57.6 Å². The Morgan fingerprint density at radius 3 is 2.20 bits per heavy atom. The molecule has 0 bridgehead atoms. The first-order chi connectivity index (χ1) is 19.1. The number of carbonyl (C=O) groups excluding carboxylic acids is 1. The van der Waals surface area contributed by atoms with E-state index in [2.05, 4.69) is 0 Å². The fourth-order valence-corrected chi connectivity index (χ4v) is 6.06. The number of carboxylic acid groups (broad SMARTS) is 1. The average molecular weight is 632 g/mol. The maximum atomic E-state index is 13.2. The van der Waals surface area contributed by atoms with Gasteiger partial charge in [0.05, 0.1) is 40.9 Å². The summed E-state index contributed by atoms with van der Waals surface area (Å²) in [6, 6.07) is 8.98. The van der Waals surface area contributed by atoms with E-state index in [1.54, 1.807) is 19.1 Å². The zero-order chi connectivity index (χ0) is 30.1. The van der Waals surface area contributed by atoms with Crippen LogP contribution in [0.15, 0.2) is 58.8 Å². The Balaban J connectivity index is 1.44. The number of thioether (sulfide) groups is 1. The lowest BCUT2D eigenvalue weighted by atomic mass is 10.0. The minimum Gasteiger partial charge on any atom is -0.478 e. The van der Waals surface area contributed by atoms with Gasteiger partial charge in [0, 0.05) is 4.88 Å². The molecule has 14 heteroatoms. The van der Waals surface area contributed by atoms with Crippen molar-refractivity contribution in [2.75, 3.05) is 13.2 Å². The molecular weight excluding hydrogens is 612 g/mol. The first-order valence-electron chi connectivity index (χ1n) is 11.7. The van der Waals surface area contributed by atoms with Gasteiger partial charge in [0.2, 0.25) is 0 Å². The molecule has 2 aromatic carbocycles. The van der Waals surface area contributed by atoms with Crippen molar-refractivity contribution in [1.29, 1.82) is 0 Å². The number of carbonyl (C=O) groups is 2. The Hall–Kier alpha value is -3.20. The van der Waals surface area contributed by atoms with Gasteiger partial charge in [-0.25, -0.2) is 4.79 Å². The van der Waals surface area contributed by atoms with Crippen LogP contribution in [0, 0.1) is 0 Å². The molecule has 216 valence electrons. The number of rotatable bonds is 8. The van der Waals surface area contributed by atoms with E-state index in [4.69, 9.17) is 22.1 Å². The summed E-state index contributed by atoms with van der Waals surface area (Å²) < 4.78 is 85.5. The highest BCUT2D eigenvalue weighted by atomic mass is 32.2. The number of hydrogen-bond donors (Lipinski definition) is 1. The lowest BCUT2D eigenvalue weighted by Gasteiger charge is -2.18. The van der Waals surface area contributed by atoms with Crippen LogP contribution in [-0.2, 0) is 21.9 Å². The fraction of sp³-hybridized carbons (Fsp3) is 0.222. The lowest BCUT2D eigenvalue weighted by Crippen LogP contribution is -2.31. The molecule has 1 N–H and O–H groups in total. The molecule has 1 unspecified atom stereocenters. The normalized spacial score (nSPS) is 16.1. The summed E-state index contributed by atoms with van der Waals surface area (Å²) in [5.41, 5.74) is -2.04. The highest BCUT2D eigenvalue weighted by Crippen LogP contribution is 2.40. The second-order valence-corrected chi connectivity index (χ2v) is 11.4. The Morgan fingerprint density at radius 2 is 1.63 bits per heavy atom. The molecule has 1 aromatic heterocycles. The largest absolute Gasteiger partial charge is 0.478 e. The smallest absolute Gasteiger partial charge is 0.416 e. The number of thiophene rings is 1. The quantitative estimate of drug-likeness (QED) is 0.154. The molecule has 3 aromatic rings. The zero-order valence-corrected chi connectivity index (χ0v) is 23.3. The maximum Gasteiger partial charge on any atom is 0.416 e. The predicted octanol–water partition coefficient (Wildman–Crippen LogP) is 8.13. The van der Waals surface area contributed by atoms with Crippen molar-refractivity contribution in [3.8, 4) is 11.1 Å². The first kappa shape index (κ1) is 30.8. The molecule has 1 aliphatic heterocycles. The molecule has 2 heterocycles. The van der Waals surface area contributed by atoms with Crippen molar-refractivity contribution in [1.82, 2.24) is 4.90 Å². The minimum atomic E-state index is -4.96. The standard InChI is InChI=1S/C27H19F6NO4S3/c1-14(15-2-4-16(5-3-15)24(36)37)38-7-6-34-23(35)22(41-25(34)39)12-21-10-18(13-40-21)17-8-19(26(28,29)30)11-20(9-17)27(31,32)33/h2-5,8-14H,6-7H2,1H3,(H,36,37)/b22-12-. The van der Waals surface area contributed by atoms with E-state index in [0.29, 0.717) is 17.0 Å². The molecule has 0 saturated carbocycles. The number of alkyl halides is 6. The van der Waals surface area contributed by atoms with E-state index in [1.165, 1.54) is 34.6 Å². The fourth-order valence-electron chi connectivity index (χ4n) is 3.84. The second kappa shape index (κ2) is 12.0. The number of amides is 1. The number of carboxylic acids is 1. The molecule has 1 atom stereocenters. The summed E-state index contributed by atoms with van der Waals surface area (Å²) in [5.74, 6) is -1.45. The molecule has 0 aliphatic carbocycles. The van der Waals surface area contributed by atoms with E-state index in [1.807, 2.05) is 0 Å². The Kier molecular flexibility index (Phi) is 8.97. The van der Waals surface area contributed by atoms with Crippen molar-refractivity contribution in [3.05, 3.63) is 85.9 Å². The van der Waals surface area contributed by atoms with Gasteiger partial charge in [-0.3, -0.25) is 9.69 Å². The summed E-state index contributed by atoms with van der Waals surface area (Å²) >= 11 is 7.39. The zero-order valence-electron chi connectivity index (χ0n) is 20.9. The SMILES string of the molecule is CC(OCCN1C(=O)/C(=C/c2cc(-c3cc(C(F)(F)F)cc(C(F)(F)F)c3)cs2)SC1=S)c1ccc(C(=O)O)cc1. The van der Waals surface area contributed by atoms with Gasteiger partial charge in [-0.05, 0) is 71.5 Å². The third-order valence-corrected chi connectivity index (χ3v) is 8.25. The van der Waals surface area contributed by atoms with Gasteiger partial charge in [-0.1, -0.05) is 36.1 Å². The second-order valence-electron chi connectivity index (χ2n) is 8.81. The Bertz CT molecular complexity index is 1480. The molecule has 5 nitrogen and oxygen atoms in total. The predicted molar refractivity (Wildman–Crippen MR) is 147 cm³/mol. The monoisotopic (exact) mass is 631 g/mol. The molecule has 0 radical (unpaired) electrons. The third kappa shape index (κ3) is 7.36. The van der Waals surface area contributed by atoms with Gasteiger partial charge in [-0.15, -0.1) is 11.3 Å². The number of nitrogens with zero attached hydrogens (tertiary/aromatic N) is 1. The van der Waals surface area contributed by atoms with E-state index in [-0.39, 0.29) is 51.2 Å². The van der Waals surface area contributed by atoms with Crippen molar-refractivity contribution < 1.29 is 45.8 Å². The number of aromatic carboxylic acids is 1. The van der Waals surface area contributed by atoms with E-state index in [9.17, 15) is 35.9 Å². The van der Waals surface area contributed by atoms with Crippen molar-refractivity contribution in [2.24, 2.45) is 0 Å². The lowest BCUT2D eigenvalue weighted by molar-refractivity contribution is -0.143. The summed E-state index contributed by atoms with van der Waals surface area (Å²) in [5, 5.41) is 10.4. The summed E-state index contributed by atoms with van der Waals surface area (Å²) in [4.78, 5) is 26.0. The highest BCUT2D eigenvalue weighted by molar-refractivity contribution is 8.26. The molecule has 41 heavy (non-hydrogen) atoms. The molecular formula is C27H19F6NO4S3. The van der Waals surface area contributed by atoms with Crippen LogP contribution in [0.3, 0.4) is 0 Å². The van der Waals surface area contributed by atoms with Crippen LogP contribution >= 0.6 is 35.3 Å². The van der Waals surface area contributed by atoms with Gasteiger partial charge in [-0.2, -0.15) is 26.3 Å². The number of halogens is 6. The molecule has 1 aliphatic rings. The van der Waals surface area contributed by atoms with Crippen LogP contribution < -0.4 is 0 Å². The maximum absolute atomic E-state index is 13.2. The summed E-state index contributed by atoms with van der Waals surface area (Å²) in [7, 11) is 0. The summed E-state index contributed by atoms with van der Waals surface area (Å²) in [6.07, 6.45) is -8.82. The number of thiocarbonyl (C=S) groups is 1. The number of hydrogen-bond acceptors (Lipinski definition) is 6. The van der Waals surface area contributed by atoms with Gasteiger partial charge in [0.25, 0.3) is 5.91 Å². The van der Waals surface area contributed by atoms with E-state index < -0.39 is 35.4 Å². The third-order valence-electron chi connectivity index (χ3n) is 6.00. The van der Waals surface area contributed by atoms with E-state index in [0.717, 1.165) is 28.7 Å². The van der Waals surface area contributed by atoms with Crippen molar-refractivity contribution in [2.45, 2.75) is 25.4 Å². The van der Waals surface area contributed by atoms with Crippen LogP contribution in [0.5, 0.6) is 0 Å². The molecule has 1 amide bonds. The Morgan fingerprint density at radius 1 is 1.02 bits per heavy atom. The topological polar surface area (TPSA) is 66.8 Å². The van der Waals surface area contributed by atoms with Crippen LogP contribution in [0.2, 0.25) is 0 Å². The van der Waals surface area contributed by atoms with Crippen molar-refractivity contribution in [3.63, 3.8) is 0 Å². The number of ether oxygens (including phenoxy) is 1. The van der Waals surface area contributed by atoms with Gasteiger partial charge >= 0.3 is 18.3 Å². The van der Waals surface area contributed by atoms with Crippen LogP contribution in [0.1, 0.15) is 45.0 Å². The van der Waals surface area contributed by atoms with Gasteiger partial charge in [0.1, 0.15) is 4.32 Å². The van der Waals surface area contributed by atoms with Crippen LogP contribution in [0.25, 0.3) is 17.2 Å². The molecule has 4 rings (SSSR count). The average Bonchev–Trinajstić information content (AvgIpc) is 3.47. The van der Waals surface area contributed by atoms with Crippen LogP contribution in [0.4, 0.5) is 26.3 Å².